The molecule has 0 aliphatic rings. The van der Waals surface area contributed by atoms with Gasteiger partial charge in [-0.3, -0.25) is 0 Å². The number of hydrogen-bond donors (Lipinski definition) is 1. The molecule has 0 aromatic rings. The van der Waals surface area contributed by atoms with Gasteiger partial charge in [-0.2, -0.15) is 0 Å². The molecule has 0 fully saturated rings. The summed E-state index contributed by atoms with van der Waals surface area (Å²) in [6, 6.07) is 0. The van der Waals surface area contributed by atoms with Crippen LogP contribution in [0.25, 0.3) is 0 Å². The first kappa shape index (κ1) is 24.7. The zero-order valence-electron chi connectivity index (χ0n) is 15.9. The molecule has 1 nitrogen and oxygen atoms in total. The van der Waals surface area contributed by atoms with Crippen LogP contribution < -0.4 is 22.7 Å². The summed E-state index contributed by atoms with van der Waals surface area (Å²) in [7, 11) is 0. The lowest BCUT2D eigenvalue weighted by Crippen LogP contribution is -3.00. The highest BCUT2D eigenvalue weighted by atomic mass is 79.9. The highest BCUT2D eigenvalue weighted by molar-refractivity contribution is 4.78. The van der Waals surface area contributed by atoms with Crippen molar-refractivity contribution in [2.45, 2.75) is 117 Å². The molecule has 0 heterocycles. The molecule has 3 N–H and O–H groups in total. The fourth-order valence-corrected chi connectivity index (χ4v) is 4.08. The standard InChI is InChI=1S/C20H43N.BrH/c1-4-15-20(16-5-2,17-6-3)18-13-11-9-7-8-10-12-14-19-21;/h4-19,21H2,1-3H3;1H. The minimum atomic E-state index is 0. The number of hydrogen-bond acceptors (Lipinski definition) is 0. The van der Waals surface area contributed by atoms with Gasteiger partial charge in [0.1, 0.15) is 0 Å². The lowest BCUT2D eigenvalue weighted by atomic mass is 9.72. The van der Waals surface area contributed by atoms with E-state index in [1.807, 2.05) is 0 Å². The molecule has 0 aromatic heterocycles. The molecule has 0 saturated heterocycles. The van der Waals surface area contributed by atoms with Crippen molar-refractivity contribution in [1.82, 2.24) is 0 Å². The Kier molecular flexibility index (Phi) is 20.0. The molecular formula is C20H44BrN. The van der Waals surface area contributed by atoms with Gasteiger partial charge in [-0.05, 0) is 43.9 Å². The molecule has 0 spiro atoms. The van der Waals surface area contributed by atoms with Crippen molar-refractivity contribution < 1.29 is 22.7 Å². The third-order valence-corrected chi connectivity index (χ3v) is 5.05. The van der Waals surface area contributed by atoms with Crippen LogP contribution in [0.5, 0.6) is 0 Å². The van der Waals surface area contributed by atoms with Crippen molar-refractivity contribution >= 4 is 0 Å². The van der Waals surface area contributed by atoms with Crippen LogP contribution in [0.1, 0.15) is 117 Å². The van der Waals surface area contributed by atoms with E-state index in [4.69, 9.17) is 0 Å². The summed E-state index contributed by atoms with van der Waals surface area (Å²) < 4.78 is 0. The second-order valence-corrected chi connectivity index (χ2v) is 7.18. The molecule has 2 heteroatoms. The molecule has 0 bridgehead atoms. The number of rotatable bonds is 16. The zero-order chi connectivity index (χ0) is 15.8. The number of quaternary nitrogens is 1. The normalized spacial score (nSPS) is 11.5. The lowest BCUT2D eigenvalue weighted by molar-refractivity contribution is -0.368. The Morgan fingerprint density at radius 3 is 1.27 bits per heavy atom. The van der Waals surface area contributed by atoms with E-state index in [0.29, 0.717) is 5.41 Å². The summed E-state index contributed by atoms with van der Waals surface area (Å²) in [6.45, 7) is 8.22. The minimum absolute atomic E-state index is 0. The predicted octanol–water partition coefficient (Wildman–Crippen LogP) is 3.13. The average molecular weight is 378 g/mol. The first-order valence-electron chi connectivity index (χ1n) is 10.0. The quantitative estimate of drug-likeness (QED) is 0.400. The summed E-state index contributed by atoms with van der Waals surface area (Å²) in [6.07, 6.45) is 21.4. The van der Waals surface area contributed by atoms with Crippen LogP contribution in [0.3, 0.4) is 0 Å². The van der Waals surface area contributed by atoms with Gasteiger partial charge in [0.05, 0.1) is 6.54 Å². The molecule has 22 heavy (non-hydrogen) atoms. The van der Waals surface area contributed by atoms with Gasteiger partial charge in [0.2, 0.25) is 0 Å². The molecule has 136 valence electrons. The van der Waals surface area contributed by atoms with Crippen molar-refractivity contribution in [3.8, 4) is 0 Å². The molecule has 0 radical (unpaired) electrons. The Morgan fingerprint density at radius 2 is 0.909 bits per heavy atom. The van der Waals surface area contributed by atoms with Crippen molar-refractivity contribution in [1.29, 1.82) is 0 Å². The smallest absolute Gasteiger partial charge is 0.0739 e. The lowest BCUT2D eigenvalue weighted by Gasteiger charge is -2.34. The van der Waals surface area contributed by atoms with Gasteiger partial charge >= 0.3 is 0 Å². The van der Waals surface area contributed by atoms with Crippen LogP contribution in [-0.2, 0) is 0 Å². The molecule has 0 unspecified atom stereocenters. The molecular weight excluding hydrogens is 334 g/mol. The van der Waals surface area contributed by atoms with Crippen LogP contribution in [0.15, 0.2) is 0 Å². The van der Waals surface area contributed by atoms with E-state index in [0.717, 1.165) is 6.54 Å². The first-order chi connectivity index (χ1) is 10.2. The van der Waals surface area contributed by atoms with Crippen molar-refractivity contribution in [3.05, 3.63) is 0 Å². The molecule has 0 saturated carbocycles. The monoisotopic (exact) mass is 377 g/mol. The summed E-state index contributed by atoms with van der Waals surface area (Å²) in [4.78, 5) is 0. The Bertz CT molecular complexity index is 189. The molecule has 0 aromatic carbocycles. The SMILES string of the molecule is CCCC(CCC)(CCC)CCCCCCCCCC[NH3+].[Br-]. The van der Waals surface area contributed by atoms with E-state index in [1.165, 1.54) is 96.3 Å². The predicted molar refractivity (Wildman–Crippen MR) is 96.5 cm³/mol. The minimum Gasteiger partial charge on any atom is -1.00 e. The Labute approximate surface area is 152 Å². The zero-order valence-corrected chi connectivity index (χ0v) is 17.5. The summed E-state index contributed by atoms with van der Waals surface area (Å²) in [5.74, 6) is 0. The van der Waals surface area contributed by atoms with Crippen molar-refractivity contribution in [3.63, 3.8) is 0 Å². The van der Waals surface area contributed by atoms with Gasteiger partial charge in [-0.1, -0.05) is 78.6 Å². The van der Waals surface area contributed by atoms with Gasteiger partial charge < -0.3 is 22.7 Å². The average Bonchev–Trinajstić information content (AvgIpc) is 2.46. The molecule has 0 aliphatic heterocycles. The van der Waals surface area contributed by atoms with Gasteiger partial charge in [0, 0.05) is 0 Å². The van der Waals surface area contributed by atoms with Crippen molar-refractivity contribution in [2.75, 3.05) is 6.54 Å². The maximum absolute atomic E-state index is 3.91. The summed E-state index contributed by atoms with van der Waals surface area (Å²) >= 11 is 0. The third kappa shape index (κ3) is 12.9. The van der Waals surface area contributed by atoms with E-state index in [1.54, 1.807) is 0 Å². The van der Waals surface area contributed by atoms with E-state index >= 15 is 0 Å². The molecule has 0 aliphatic carbocycles. The van der Waals surface area contributed by atoms with Gasteiger partial charge in [0.15, 0.2) is 0 Å². The van der Waals surface area contributed by atoms with Gasteiger partial charge in [0.25, 0.3) is 0 Å². The highest BCUT2D eigenvalue weighted by Gasteiger charge is 2.26. The highest BCUT2D eigenvalue weighted by Crippen LogP contribution is 2.40. The van der Waals surface area contributed by atoms with E-state index in [-0.39, 0.29) is 17.0 Å². The number of unbranched alkanes of at least 4 members (excludes halogenated alkanes) is 7. The molecule has 0 rings (SSSR count). The van der Waals surface area contributed by atoms with E-state index in [2.05, 4.69) is 26.5 Å². The van der Waals surface area contributed by atoms with E-state index in [9.17, 15) is 0 Å². The Morgan fingerprint density at radius 1 is 0.545 bits per heavy atom. The summed E-state index contributed by atoms with van der Waals surface area (Å²) in [5.41, 5.74) is 4.60. The second-order valence-electron chi connectivity index (χ2n) is 7.18. The largest absolute Gasteiger partial charge is 1.00 e. The maximum Gasteiger partial charge on any atom is 0.0739 e. The van der Waals surface area contributed by atoms with Gasteiger partial charge in [-0.25, -0.2) is 0 Å². The Balaban J connectivity index is 0. The fraction of sp³-hybridized carbons (Fsp3) is 1.00. The van der Waals surface area contributed by atoms with Crippen LogP contribution in [0.2, 0.25) is 0 Å². The van der Waals surface area contributed by atoms with Crippen LogP contribution in [0, 0.1) is 5.41 Å². The number of halogens is 1. The van der Waals surface area contributed by atoms with Crippen LogP contribution >= 0.6 is 0 Å². The topological polar surface area (TPSA) is 27.6 Å². The van der Waals surface area contributed by atoms with E-state index < -0.39 is 0 Å². The van der Waals surface area contributed by atoms with Crippen molar-refractivity contribution in [2.24, 2.45) is 5.41 Å². The summed E-state index contributed by atoms with van der Waals surface area (Å²) in [5, 5.41) is 0. The molecule has 0 amide bonds. The maximum atomic E-state index is 3.91. The fourth-order valence-electron chi connectivity index (χ4n) is 4.08. The third-order valence-electron chi connectivity index (χ3n) is 5.05. The van der Waals surface area contributed by atoms with Crippen LogP contribution in [-0.4, -0.2) is 6.54 Å². The van der Waals surface area contributed by atoms with Crippen LogP contribution in [0.4, 0.5) is 0 Å². The first-order valence-corrected chi connectivity index (χ1v) is 10.0. The second kappa shape index (κ2) is 17.8. The molecule has 0 atom stereocenters. The van der Waals surface area contributed by atoms with Gasteiger partial charge in [-0.15, -0.1) is 0 Å². The Hall–Kier alpha value is 0.440.